The number of aromatic hydroxyl groups is 3. The normalized spacial score (nSPS) is 11.0. The van der Waals surface area contributed by atoms with E-state index in [0.717, 1.165) is 0 Å². The molecule has 0 atom stereocenters. The number of phenols is 3. The van der Waals surface area contributed by atoms with Gasteiger partial charge in [0.05, 0.1) is 10.6 Å². The van der Waals surface area contributed by atoms with Gasteiger partial charge >= 0.3 is 0 Å². The number of benzene rings is 2. The molecule has 1 heterocycles. The quantitative estimate of drug-likeness (QED) is 0.372. The zero-order chi connectivity index (χ0) is 18.0. The maximum absolute atomic E-state index is 10.8. The smallest absolute Gasteiger partial charge is 0.270 e. The van der Waals surface area contributed by atoms with Crippen molar-refractivity contribution in [2.45, 2.75) is 0 Å². The Morgan fingerprint density at radius 1 is 1.12 bits per heavy atom. The number of phenolic OH excluding ortho intramolecular Hbond substituents is 3. The summed E-state index contributed by atoms with van der Waals surface area (Å²) in [7, 11) is 0. The van der Waals surface area contributed by atoms with E-state index in [-0.39, 0.29) is 28.5 Å². The number of aliphatic imine (C=N–C) groups is 1. The van der Waals surface area contributed by atoms with Crippen LogP contribution in [0.5, 0.6) is 17.2 Å². The Hall–Kier alpha value is -3.46. The lowest BCUT2D eigenvalue weighted by molar-refractivity contribution is -0.384. The summed E-state index contributed by atoms with van der Waals surface area (Å²) in [5, 5.41) is 41.7. The van der Waals surface area contributed by atoms with Crippen LogP contribution in [0.25, 0.3) is 11.3 Å². The Labute approximate surface area is 145 Å². The zero-order valence-electron chi connectivity index (χ0n) is 12.5. The lowest BCUT2D eigenvalue weighted by Gasteiger charge is -2.01. The first kappa shape index (κ1) is 16.4. The first-order valence-corrected chi connectivity index (χ1v) is 7.81. The largest absolute Gasteiger partial charge is 0.508 e. The Kier molecular flexibility index (Phi) is 4.31. The molecule has 8 nitrogen and oxygen atoms in total. The van der Waals surface area contributed by atoms with Crippen molar-refractivity contribution in [3.05, 3.63) is 57.5 Å². The highest BCUT2D eigenvalue weighted by Gasteiger charge is 2.11. The Morgan fingerprint density at radius 3 is 2.64 bits per heavy atom. The van der Waals surface area contributed by atoms with Gasteiger partial charge in [-0.1, -0.05) is 0 Å². The summed E-state index contributed by atoms with van der Waals surface area (Å²) in [5.74, 6) is -0.310. The summed E-state index contributed by atoms with van der Waals surface area (Å²) in [6.45, 7) is 0. The molecule has 0 aliphatic heterocycles. The number of hydrogen-bond acceptors (Lipinski definition) is 8. The van der Waals surface area contributed by atoms with Crippen molar-refractivity contribution < 1.29 is 20.2 Å². The van der Waals surface area contributed by atoms with E-state index in [1.165, 1.54) is 53.9 Å². The fourth-order valence-corrected chi connectivity index (χ4v) is 2.73. The molecule has 126 valence electrons. The molecule has 0 unspecified atom stereocenters. The van der Waals surface area contributed by atoms with Gasteiger partial charge in [0.25, 0.3) is 5.69 Å². The van der Waals surface area contributed by atoms with Crippen LogP contribution in [0.4, 0.5) is 10.8 Å². The van der Waals surface area contributed by atoms with Crippen LogP contribution in [-0.4, -0.2) is 31.4 Å². The number of nitrogens with zero attached hydrogens (tertiary/aromatic N) is 3. The molecule has 0 saturated heterocycles. The summed E-state index contributed by atoms with van der Waals surface area (Å²) in [5.41, 5.74) is 0.943. The number of thiazole rings is 1. The van der Waals surface area contributed by atoms with E-state index in [1.807, 2.05) is 0 Å². The van der Waals surface area contributed by atoms with E-state index < -0.39 is 4.92 Å². The van der Waals surface area contributed by atoms with Crippen LogP contribution >= 0.6 is 11.3 Å². The number of aromatic nitrogens is 1. The average Bonchev–Trinajstić information content (AvgIpc) is 3.02. The lowest BCUT2D eigenvalue weighted by Crippen LogP contribution is -1.90. The van der Waals surface area contributed by atoms with Gasteiger partial charge in [-0.15, -0.1) is 11.3 Å². The summed E-state index contributed by atoms with van der Waals surface area (Å²) < 4.78 is 0. The second-order valence-corrected chi connectivity index (χ2v) is 5.81. The molecule has 0 spiro atoms. The molecule has 0 radical (unpaired) electrons. The van der Waals surface area contributed by atoms with Gasteiger partial charge < -0.3 is 15.3 Å². The molecule has 3 rings (SSSR count). The third kappa shape index (κ3) is 3.56. The van der Waals surface area contributed by atoms with Crippen LogP contribution in [0.1, 0.15) is 5.56 Å². The van der Waals surface area contributed by atoms with E-state index in [0.29, 0.717) is 16.4 Å². The van der Waals surface area contributed by atoms with E-state index in [9.17, 15) is 25.4 Å². The molecule has 0 aliphatic rings. The number of rotatable bonds is 4. The lowest BCUT2D eigenvalue weighted by atomic mass is 10.1. The Balaban J connectivity index is 1.87. The van der Waals surface area contributed by atoms with Gasteiger partial charge in [-0.25, -0.2) is 9.98 Å². The molecule has 25 heavy (non-hydrogen) atoms. The van der Waals surface area contributed by atoms with Gasteiger partial charge in [-0.05, 0) is 18.2 Å². The average molecular weight is 357 g/mol. The SMILES string of the molecule is O=[N+]([O-])c1ccc(O)c(/C=N/c2nc(-c3ccc(O)cc3O)cs2)c1. The van der Waals surface area contributed by atoms with Crippen molar-refractivity contribution in [2.24, 2.45) is 4.99 Å². The van der Waals surface area contributed by atoms with Crippen LogP contribution in [0.2, 0.25) is 0 Å². The molecule has 3 aromatic rings. The third-order valence-electron chi connectivity index (χ3n) is 3.29. The van der Waals surface area contributed by atoms with Gasteiger partial charge in [-0.3, -0.25) is 10.1 Å². The molecule has 2 aromatic carbocycles. The first-order chi connectivity index (χ1) is 11.9. The van der Waals surface area contributed by atoms with Crippen molar-refractivity contribution in [1.82, 2.24) is 4.98 Å². The minimum absolute atomic E-state index is 0.0594. The van der Waals surface area contributed by atoms with Crippen molar-refractivity contribution in [1.29, 1.82) is 0 Å². The van der Waals surface area contributed by atoms with E-state index in [2.05, 4.69) is 9.98 Å². The highest BCUT2D eigenvalue weighted by molar-refractivity contribution is 7.13. The summed E-state index contributed by atoms with van der Waals surface area (Å²) in [6.07, 6.45) is 1.28. The van der Waals surface area contributed by atoms with Crippen LogP contribution in [0, 0.1) is 10.1 Å². The van der Waals surface area contributed by atoms with Gasteiger partial charge in [0.15, 0.2) is 0 Å². The first-order valence-electron chi connectivity index (χ1n) is 6.93. The molecule has 0 amide bonds. The molecular weight excluding hydrogens is 346 g/mol. The Bertz CT molecular complexity index is 984. The monoisotopic (exact) mass is 357 g/mol. The zero-order valence-corrected chi connectivity index (χ0v) is 13.3. The van der Waals surface area contributed by atoms with Crippen LogP contribution < -0.4 is 0 Å². The number of non-ortho nitro benzene ring substituents is 1. The van der Waals surface area contributed by atoms with Crippen molar-refractivity contribution in [2.75, 3.05) is 0 Å². The minimum Gasteiger partial charge on any atom is -0.508 e. The topological polar surface area (TPSA) is 129 Å². The molecular formula is C16H11N3O5S. The van der Waals surface area contributed by atoms with Gasteiger partial charge in [0.1, 0.15) is 17.2 Å². The highest BCUT2D eigenvalue weighted by Crippen LogP contribution is 2.34. The van der Waals surface area contributed by atoms with Gasteiger partial charge in [-0.2, -0.15) is 0 Å². The van der Waals surface area contributed by atoms with Crippen LogP contribution in [0.15, 0.2) is 46.8 Å². The molecule has 1 aromatic heterocycles. The van der Waals surface area contributed by atoms with E-state index in [1.54, 1.807) is 5.38 Å². The Morgan fingerprint density at radius 2 is 1.92 bits per heavy atom. The second kappa shape index (κ2) is 6.57. The molecule has 0 bridgehead atoms. The number of nitro benzene ring substituents is 1. The van der Waals surface area contributed by atoms with Gasteiger partial charge in [0.2, 0.25) is 5.13 Å². The van der Waals surface area contributed by atoms with Crippen molar-refractivity contribution in [3.63, 3.8) is 0 Å². The maximum atomic E-state index is 10.8. The van der Waals surface area contributed by atoms with Crippen LogP contribution in [-0.2, 0) is 0 Å². The second-order valence-electron chi connectivity index (χ2n) is 4.98. The van der Waals surface area contributed by atoms with Crippen molar-refractivity contribution in [3.8, 4) is 28.5 Å². The molecule has 0 saturated carbocycles. The molecule has 9 heteroatoms. The molecule has 0 aliphatic carbocycles. The predicted molar refractivity (Wildman–Crippen MR) is 92.9 cm³/mol. The summed E-state index contributed by atoms with van der Waals surface area (Å²) >= 11 is 1.19. The number of hydrogen-bond donors (Lipinski definition) is 3. The predicted octanol–water partition coefficient (Wildman–Crippen LogP) is 3.59. The van der Waals surface area contributed by atoms with Gasteiger partial charge in [0, 0.05) is 40.9 Å². The third-order valence-corrected chi connectivity index (χ3v) is 4.03. The summed E-state index contributed by atoms with van der Waals surface area (Å²) in [6, 6.07) is 7.79. The number of nitro groups is 1. The fourth-order valence-electron chi connectivity index (χ4n) is 2.07. The fraction of sp³-hybridized carbons (Fsp3) is 0. The minimum atomic E-state index is -0.564. The standard InChI is InChI=1S/C16H11N3O5S/c20-11-2-3-12(15(22)6-11)13-8-25-16(18-13)17-7-9-5-10(19(23)24)1-4-14(9)21/h1-8,20-22H/b17-7+. The highest BCUT2D eigenvalue weighted by atomic mass is 32.1. The molecule has 3 N–H and O–H groups in total. The maximum Gasteiger partial charge on any atom is 0.270 e. The van der Waals surface area contributed by atoms with Crippen molar-refractivity contribution >= 4 is 28.4 Å². The molecule has 0 fully saturated rings. The van der Waals surface area contributed by atoms with E-state index >= 15 is 0 Å². The van der Waals surface area contributed by atoms with E-state index in [4.69, 9.17) is 0 Å². The summed E-state index contributed by atoms with van der Waals surface area (Å²) in [4.78, 5) is 18.6. The van der Waals surface area contributed by atoms with Crippen LogP contribution in [0.3, 0.4) is 0 Å².